The van der Waals surface area contributed by atoms with Gasteiger partial charge in [-0.15, -0.1) is 0 Å². The Morgan fingerprint density at radius 3 is 2.38 bits per heavy atom. The third-order valence-corrected chi connectivity index (χ3v) is 6.70. The van der Waals surface area contributed by atoms with Crippen molar-refractivity contribution in [3.8, 4) is 0 Å². The van der Waals surface area contributed by atoms with Gasteiger partial charge in [-0.05, 0) is 68.4 Å². The fourth-order valence-electron chi connectivity index (χ4n) is 4.66. The average Bonchev–Trinajstić information content (AvgIpc) is 3.54. The largest absolute Gasteiger partial charge is 0.384 e. The molecule has 0 radical (unpaired) electrons. The van der Waals surface area contributed by atoms with Crippen LogP contribution < -0.4 is 21.7 Å². The number of fused-ring (bicyclic) bond motifs is 1. The maximum Gasteiger partial charge on any atom is 0.257 e. The van der Waals surface area contributed by atoms with Crippen LogP contribution in [0.1, 0.15) is 44.7 Å². The van der Waals surface area contributed by atoms with Crippen molar-refractivity contribution in [1.29, 1.82) is 0 Å². The summed E-state index contributed by atoms with van der Waals surface area (Å²) in [5.74, 6) is -1.10. The Hall–Kier alpha value is -4.43. The summed E-state index contributed by atoms with van der Waals surface area (Å²) in [7, 11) is 0. The third kappa shape index (κ3) is 5.54. The number of primary amides is 1. The minimum absolute atomic E-state index is 0.247. The van der Waals surface area contributed by atoms with Gasteiger partial charge >= 0.3 is 0 Å². The minimum Gasteiger partial charge on any atom is -0.384 e. The van der Waals surface area contributed by atoms with E-state index in [1.807, 2.05) is 24.3 Å². The highest BCUT2D eigenvalue weighted by Crippen LogP contribution is 2.33. The van der Waals surface area contributed by atoms with Crippen LogP contribution in [0.15, 0.2) is 72.9 Å². The van der Waals surface area contributed by atoms with Crippen LogP contribution in [0.4, 0.5) is 17.1 Å². The first-order chi connectivity index (χ1) is 18.0. The molecular weight excluding hydrogens is 466 g/mol. The number of amides is 2. The summed E-state index contributed by atoms with van der Waals surface area (Å²) in [6.07, 6.45) is 4.27. The second-order valence-corrected chi connectivity index (χ2v) is 9.24. The van der Waals surface area contributed by atoms with Gasteiger partial charge in [0.1, 0.15) is 0 Å². The molecule has 2 aliphatic rings. The van der Waals surface area contributed by atoms with Gasteiger partial charge in [0, 0.05) is 58.6 Å². The van der Waals surface area contributed by atoms with Crippen LogP contribution in [0.3, 0.4) is 0 Å². The Bertz CT molecular complexity index is 1370. The molecule has 8 nitrogen and oxygen atoms in total. The molecule has 8 heteroatoms. The number of carbonyl (C=O) groups is 3. The van der Waals surface area contributed by atoms with Crippen molar-refractivity contribution >= 4 is 40.2 Å². The van der Waals surface area contributed by atoms with Crippen LogP contribution in [-0.2, 0) is 4.79 Å². The summed E-state index contributed by atoms with van der Waals surface area (Å²) >= 11 is 0. The summed E-state index contributed by atoms with van der Waals surface area (Å²) in [6.45, 7) is 4.35. The maximum atomic E-state index is 13.0. The number of likely N-dealkylation sites (tertiary alicyclic amines) is 1. The zero-order valence-corrected chi connectivity index (χ0v) is 20.4. The molecular formula is C29H29N5O3. The van der Waals surface area contributed by atoms with Crippen LogP contribution in [0.5, 0.6) is 0 Å². The van der Waals surface area contributed by atoms with E-state index in [4.69, 9.17) is 5.73 Å². The Balaban J connectivity index is 1.24. The van der Waals surface area contributed by atoms with Gasteiger partial charge in [0.2, 0.25) is 5.91 Å². The van der Waals surface area contributed by atoms with Gasteiger partial charge < -0.3 is 26.6 Å². The monoisotopic (exact) mass is 495 g/mol. The van der Waals surface area contributed by atoms with E-state index in [9.17, 15) is 14.4 Å². The summed E-state index contributed by atoms with van der Waals surface area (Å²) in [4.78, 5) is 39.5. The van der Waals surface area contributed by atoms with Crippen molar-refractivity contribution in [3.63, 3.8) is 0 Å². The van der Waals surface area contributed by atoms with Crippen LogP contribution >= 0.6 is 0 Å². The highest BCUT2D eigenvalue weighted by Gasteiger charge is 2.25. The Morgan fingerprint density at radius 1 is 0.919 bits per heavy atom. The van der Waals surface area contributed by atoms with Crippen molar-refractivity contribution in [2.24, 2.45) is 5.73 Å². The van der Waals surface area contributed by atoms with E-state index in [1.54, 1.807) is 42.6 Å². The summed E-state index contributed by atoms with van der Waals surface area (Å²) in [6, 6.07) is 19.3. The Labute approximate surface area is 215 Å². The van der Waals surface area contributed by atoms with Crippen molar-refractivity contribution < 1.29 is 14.4 Å². The number of nitrogens with zero attached hydrogens (tertiary/aromatic N) is 1. The van der Waals surface area contributed by atoms with Crippen molar-refractivity contribution in [1.82, 2.24) is 4.90 Å². The molecule has 1 fully saturated rings. The van der Waals surface area contributed by atoms with E-state index in [-0.39, 0.29) is 17.3 Å². The van der Waals surface area contributed by atoms with Gasteiger partial charge in [-0.3, -0.25) is 14.4 Å². The van der Waals surface area contributed by atoms with E-state index in [0.29, 0.717) is 28.0 Å². The fraction of sp³-hybridized carbons (Fsp3) is 0.207. The molecule has 188 valence electrons. The molecule has 0 bridgehead atoms. The fourth-order valence-corrected chi connectivity index (χ4v) is 4.66. The molecule has 5 rings (SSSR count). The third-order valence-electron chi connectivity index (χ3n) is 6.70. The lowest BCUT2D eigenvalue weighted by molar-refractivity contribution is -0.110. The molecule has 0 spiro atoms. The number of carbonyl (C=O) groups excluding carboxylic acids is 3. The lowest BCUT2D eigenvalue weighted by Crippen LogP contribution is -2.25. The zero-order chi connectivity index (χ0) is 25.8. The molecule has 3 aromatic carbocycles. The van der Waals surface area contributed by atoms with E-state index in [1.165, 1.54) is 32.0 Å². The minimum atomic E-state index is -0.596. The molecule has 0 saturated carbocycles. The van der Waals surface area contributed by atoms with Gasteiger partial charge in [-0.2, -0.15) is 0 Å². The number of hydrogen-bond acceptors (Lipinski definition) is 6. The van der Waals surface area contributed by atoms with Crippen LogP contribution in [-0.4, -0.2) is 48.7 Å². The SMILES string of the molecule is NC(=O)c1cccc(C(=O)c2ccc3c(c2)NC(=O)C3=CNc2ccc(NCCN3CCCC3)cc2)c1. The predicted octanol–water partition coefficient (Wildman–Crippen LogP) is 3.93. The Morgan fingerprint density at radius 2 is 1.62 bits per heavy atom. The normalized spacial score (nSPS) is 15.9. The number of ketones is 1. The van der Waals surface area contributed by atoms with Gasteiger partial charge in [-0.25, -0.2) is 0 Å². The number of nitrogens with one attached hydrogen (secondary N) is 3. The molecule has 2 amide bonds. The molecule has 37 heavy (non-hydrogen) atoms. The summed E-state index contributed by atoms with van der Waals surface area (Å²) < 4.78 is 0. The number of anilines is 3. The first-order valence-electron chi connectivity index (χ1n) is 12.4. The highest BCUT2D eigenvalue weighted by molar-refractivity contribution is 6.32. The lowest BCUT2D eigenvalue weighted by Gasteiger charge is -2.15. The molecule has 2 heterocycles. The van der Waals surface area contributed by atoms with Crippen molar-refractivity contribution in [3.05, 3.63) is 95.2 Å². The lowest BCUT2D eigenvalue weighted by atomic mass is 9.98. The zero-order valence-electron chi connectivity index (χ0n) is 20.4. The van der Waals surface area contributed by atoms with E-state index < -0.39 is 5.91 Å². The average molecular weight is 496 g/mol. The van der Waals surface area contributed by atoms with Gasteiger partial charge in [0.15, 0.2) is 5.78 Å². The first kappa shape index (κ1) is 24.3. The van der Waals surface area contributed by atoms with Crippen LogP contribution in [0, 0.1) is 0 Å². The second-order valence-electron chi connectivity index (χ2n) is 9.24. The van der Waals surface area contributed by atoms with Gasteiger partial charge in [-0.1, -0.05) is 24.3 Å². The topological polar surface area (TPSA) is 117 Å². The van der Waals surface area contributed by atoms with E-state index in [0.717, 1.165) is 24.5 Å². The first-order valence-corrected chi connectivity index (χ1v) is 12.4. The molecule has 1 saturated heterocycles. The van der Waals surface area contributed by atoms with Crippen molar-refractivity contribution in [2.45, 2.75) is 12.8 Å². The van der Waals surface area contributed by atoms with Crippen LogP contribution in [0.25, 0.3) is 5.57 Å². The molecule has 2 aliphatic heterocycles. The van der Waals surface area contributed by atoms with Crippen LogP contribution in [0.2, 0.25) is 0 Å². The second kappa shape index (κ2) is 10.7. The number of benzene rings is 3. The maximum absolute atomic E-state index is 13.0. The summed E-state index contributed by atoms with van der Waals surface area (Å²) in [5, 5.41) is 9.48. The molecule has 0 atom stereocenters. The molecule has 0 unspecified atom stereocenters. The van der Waals surface area contributed by atoms with Crippen molar-refractivity contribution in [2.75, 3.05) is 42.1 Å². The van der Waals surface area contributed by atoms with E-state index in [2.05, 4.69) is 20.9 Å². The Kier molecular flexibility index (Phi) is 7.00. The smallest absolute Gasteiger partial charge is 0.257 e. The standard InChI is InChI=1S/C29H29N5O3/c30-28(36)21-5-3-4-19(16-21)27(35)20-6-11-24-25(29(37)33-26(24)17-20)18-32-23-9-7-22(8-10-23)31-12-15-34-13-1-2-14-34/h3-11,16-18,31-32H,1-2,12-15H2,(H2,30,36)(H,33,37). The molecule has 0 aromatic heterocycles. The number of nitrogens with two attached hydrogens (primary N) is 1. The molecule has 5 N–H and O–H groups in total. The molecule has 3 aromatic rings. The van der Waals surface area contributed by atoms with E-state index >= 15 is 0 Å². The molecule has 0 aliphatic carbocycles. The quantitative estimate of drug-likeness (QED) is 0.264. The predicted molar refractivity (Wildman–Crippen MR) is 146 cm³/mol. The number of rotatable bonds is 9. The summed E-state index contributed by atoms with van der Waals surface area (Å²) in [5.41, 5.74) is 10.0. The number of hydrogen-bond donors (Lipinski definition) is 4. The highest BCUT2D eigenvalue weighted by atomic mass is 16.2. The van der Waals surface area contributed by atoms with Gasteiger partial charge in [0.05, 0.1) is 5.57 Å². The van der Waals surface area contributed by atoms with Gasteiger partial charge in [0.25, 0.3) is 5.91 Å².